The first kappa shape index (κ1) is 7.88. The first-order valence-electron chi connectivity index (χ1n) is 3.39. The summed E-state index contributed by atoms with van der Waals surface area (Å²) in [6.07, 6.45) is 2.68. The maximum Gasteiger partial charge on any atom is 0.151 e. The zero-order valence-corrected chi connectivity index (χ0v) is 6.53. The van der Waals surface area contributed by atoms with Gasteiger partial charge in [0.15, 0.2) is 5.17 Å². The highest BCUT2D eigenvalue weighted by atomic mass is 32.2. The molecule has 0 heterocycles. The molecule has 0 amide bonds. The molecule has 0 unspecified atom stereocenters. The second kappa shape index (κ2) is 3.25. The summed E-state index contributed by atoms with van der Waals surface area (Å²) in [7, 11) is 0. The van der Waals surface area contributed by atoms with Gasteiger partial charge in [-0.2, -0.15) is 0 Å². The van der Waals surface area contributed by atoms with Gasteiger partial charge in [0, 0.05) is 5.25 Å². The monoisotopic (exact) mass is 160 g/mol. The highest BCUT2D eigenvalue weighted by molar-refractivity contribution is 8.14. The van der Waals surface area contributed by atoms with E-state index in [2.05, 4.69) is 0 Å². The van der Waals surface area contributed by atoms with Crippen LogP contribution in [-0.4, -0.2) is 21.6 Å². The lowest BCUT2D eigenvalue weighted by atomic mass is 10.3. The van der Waals surface area contributed by atoms with Crippen LogP contribution in [0.25, 0.3) is 0 Å². The molecule has 2 atom stereocenters. The van der Waals surface area contributed by atoms with Crippen molar-refractivity contribution in [1.82, 2.24) is 0 Å². The summed E-state index contributed by atoms with van der Waals surface area (Å²) in [4.78, 5) is 0. The molecule has 0 aromatic heterocycles. The van der Waals surface area contributed by atoms with E-state index in [9.17, 15) is 5.11 Å². The van der Waals surface area contributed by atoms with Crippen molar-refractivity contribution in [1.29, 1.82) is 5.41 Å². The summed E-state index contributed by atoms with van der Waals surface area (Å²) in [6.45, 7) is 0. The molecule has 1 aliphatic carbocycles. The number of thioether (sulfide) groups is 1. The minimum absolute atomic E-state index is 0.117. The molecule has 1 saturated carbocycles. The van der Waals surface area contributed by atoms with E-state index in [1.165, 1.54) is 11.8 Å². The molecule has 1 fully saturated rings. The van der Waals surface area contributed by atoms with Gasteiger partial charge in [-0.05, 0) is 19.3 Å². The molecular formula is C6H12N2OS. The first-order chi connectivity index (χ1) is 4.70. The summed E-state index contributed by atoms with van der Waals surface area (Å²) < 4.78 is 0. The number of rotatable bonds is 1. The van der Waals surface area contributed by atoms with Crippen LogP contribution in [0.5, 0.6) is 0 Å². The lowest BCUT2D eigenvalue weighted by molar-refractivity contribution is 0.188. The molecule has 1 rings (SSSR count). The van der Waals surface area contributed by atoms with Gasteiger partial charge in [-0.1, -0.05) is 11.8 Å². The van der Waals surface area contributed by atoms with Gasteiger partial charge in [0.25, 0.3) is 0 Å². The van der Waals surface area contributed by atoms with E-state index >= 15 is 0 Å². The van der Waals surface area contributed by atoms with Gasteiger partial charge in [-0.15, -0.1) is 0 Å². The topological polar surface area (TPSA) is 70.1 Å². The smallest absolute Gasteiger partial charge is 0.151 e. The number of nitrogens with one attached hydrogen (secondary N) is 1. The fourth-order valence-electron chi connectivity index (χ4n) is 1.21. The second-order valence-corrected chi connectivity index (χ2v) is 3.80. The molecule has 0 saturated heterocycles. The van der Waals surface area contributed by atoms with Crippen LogP contribution < -0.4 is 5.73 Å². The largest absolute Gasteiger partial charge is 0.392 e. The highest BCUT2D eigenvalue weighted by Crippen LogP contribution is 2.29. The molecule has 0 aliphatic heterocycles. The van der Waals surface area contributed by atoms with Crippen molar-refractivity contribution in [3.8, 4) is 0 Å². The van der Waals surface area contributed by atoms with Gasteiger partial charge in [0.05, 0.1) is 6.10 Å². The van der Waals surface area contributed by atoms with Gasteiger partial charge >= 0.3 is 0 Å². The minimum Gasteiger partial charge on any atom is -0.392 e. The van der Waals surface area contributed by atoms with Crippen molar-refractivity contribution < 1.29 is 5.11 Å². The van der Waals surface area contributed by atoms with E-state index in [1.807, 2.05) is 0 Å². The van der Waals surface area contributed by atoms with Crippen molar-refractivity contribution in [2.75, 3.05) is 0 Å². The standard InChI is InChI=1S/C6H12N2OS/c7-6(8)10-5-3-1-2-4(5)9/h4-5,9H,1-3H2,(H3,7,8)/t4-,5-/m1/s1. The van der Waals surface area contributed by atoms with Crippen molar-refractivity contribution in [3.05, 3.63) is 0 Å². The molecule has 58 valence electrons. The Hall–Kier alpha value is -0.220. The van der Waals surface area contributed by atoms with Gasteiger partial charge < -0.3 is 10.8 Å². The summed E-state index contributed by atoms with van der Waals surface area (Å²) >= 11 is 1.28. The lowest BCUT2D eigenvalue weighted by Crippen LogP contribution is -2.19. The van der Waals surface area contributed by atoms with Crippen LogP contribution in [0.1, 0.15) is 19.3 Å². The van der Waals surface area contributed by atoms with Crippen LogP contribution in [0.2, 0.25) is 0 Å². The van der Waals surface area contributed by atoms with E-state index in [1.54, 1.807) is 0 Å². The van der Waals surface area contributed by atoms with Crippen LogP contribution in [0.3, 0.4) is 0 Å². The lowest BCUT2D eigenvalue weighted by Gasteiger charge is -2.11. The van der Waals surface area contributed by atoms with Gasteiger partial charge in [0.2, 0.25) is 0 Å². The fraction of sp³-hybridized carbons (Fsp3) is 0.833. The van der Waals surface area contributed by atoms with E-state index in [4.69, 9.17) is 11.1 Å². The number of aliphatic hydroxyl groups excluding tert-OH is 1. The van der Waals surface area contributed by atoms with Crippen molar-refractivity contribution in [2.24, 2.45) is 5.73 Å². The third-order valence-electron chi connectivity index (χ3n) is 1.70. The Kier molecular flexibility index (Phi) is 2.56. The summed E-state index contributed by atoms with van der Waals surface area (Å²) in [5.74, 6) is 0. The zero-order chi connectivity index (χ0) is 7.56. The molecule has 3 nitrogen and oxygen atoms in total. The van der Waals surface area contributed by atoms with Crippen LogP contribution >= 0.6 is 11.8 Å². The SMILES string of the molecule is N=C(N)S[C@@H]1CCC[C@H]1O. The van der Waals surface area contributed by atoms with Gasteiger partial charge in [-0.3, -0.25) is 5.41 Å². The average molecular weight is 160 g/mol. The highest BCUT2D eigenvalue weighted by Gasteiger charge is 2.26. The number of nitrogens with two attached hydrogens (primary N) is 1. The van der Waals surface area contributed by atoms with Gasteiger partial charge in [-0.25, -0.2) is 0 Å². The average Bonchev–Trinajstić information content (AvgIpc) is 2.15. The van der Waals surface area contributed by atoms with E-state index in [0.717, 1.165) is 19.3 Å². The van der Waals surface area contributed by atoms with E-state index in [0.29, 0.717) is 0 Å². The molecule has 1 aliphatic rings. The molecule has 4 N–H and O–H groups in total. The Balaban J connectivity index is 2.33. The van der Waals surface area contributed by atoms with Crippen LogP contribution in [0.15, 0.2) is 0 Å². The Labute approximate surface area is 64.5 Å². The third-order valence-corrected chi connectivity index (χ3v) is 2.80. The van der Waals surface area contributed by atoms with Crippen LogP contribution in [0.4, 0.5) is 0 Å². The quantitative estimate of drug-likeness (QED) is 0.387. The molecule has 0 aromatic carbocycles. The molecule has 0 bridgehead atoms. The Morgan fingerprint density at radius 2 is 2.30 bits per heavy atom. The Morgan fingerprint density at radius 1 is 1.60 bits per heavy atom. The summed E-state index contributed by atoms with van der Waals surface area (Å²) in [5, 5.41) is 16.5. The molecule has 10 heavy (non-hydrogen) atoms. The molecule has 0 aromatic rings. The van der Waals surface area contributed by atoms with Crippen LogP contribution in [0, 0.1) is 5.41 Å². The second-order valence-electron chi connectivity index (χ2n) is 2.52. The molecule has 0 radical (unpaired) electrons. The van der Waals surface area contributed by atoms with Gasteiger partial charge in [0.1, 0.15) is 0 Å². The normalized spacial score (nSPS) is 32.5. The summed E-state index contributed by atoms with van der Waals surface area (Å²) in [5.41, 5.74) is 5.17. The molecular weight excluding hydrogens is 148 g/mol. The number of hydrogen-bond donors (Lipinski definition) is 3. The van der Waals surface area contributed by atoms with E-state index < -0.39 is 0 Å². The Morgan fingerprint density at radius 3 is 2.70 bits per heavy atom. The number of aliphatic hydroxyl groups is 1. The maximum atomic E-state index is 9.26. The van der Waals surface area contributed by atoms with Crippen molar-refractivity contribution >= 4 is 16.9 Å². The van der Waals surface area contributed by atoms with E-state index in [-0.39, 0.29) is 16.5 Å². The first-order valence-corrected chi connectivity index (χ1v) is 4.27. The Bertz CT molecular complexity index is 140. The van der Waals surface area contributed by atoms with Crippen molar-refractivity contribution in [3.63, 3.8) is 0 Å². The molecule has 0 spiro atoms. The summed E-state index contributed by atoms with van der Waals surface area (Å²) in [6, 6.07) is 0. The molecule has 4 heteroatoms. The van der Waals surface area contributed by atoms with Crippen molar-refractivity contribution in [2.45, 2.75) is 30.6 Å². The number of hydrogen-bond acceptors (Lipinski definition) is 3. The van der Waals surface area contributed by atoms with Crippen LogP contribution in [-0.2, 0) is 0 Å². The zero-order valence-electron chi connectivity index (χ0n) is 5.71. The maximum absolute atomic E-state index is 9.26. The third kappa shape index (κ3) is 1.88. The predicted molar refractivity (Wildman–Crippen MR) is 43.2 cm³/mol. The fourth-order valence-corrected chi connectivity index (χ4v) is 2.11. The predicted octanol–water partition coefficient (Wildman–Crippen LogP) is 0.526. The minimum atomic E-state index is -0.242. The number of amidine groups is 1.